The second-order valence-electron chi connectivity index (χ2n) is 2.66. The number of halogens is 2. The zero-order chi connectivity index (χ0) is 7.56. The number of nitrogens with one attached hydrogen (secondary N) is 1. The van der Waals surface area contributed by atoms with Gasteiger partial charge >= 0.3 is 0 Å². The molecule has 0 aliphatic carbocycles. The van der Waals surface area contributed by atoms with Crippen LogP contribution in [0.25, 0.3) is 0 Å². The minimum absolute atomic E-state index is 0. The lowest BCUT2D eigenvalue weighted by Crippen LogP contribution is -2.59. The molecule has 4 nitrogen and oxygen atoms in total. The highest BCUT2D eigenvalue weighted by Gasteiger charge is 2.23. The number of piperidine rings is 1. The van der Waals surface area contributed by atoms with Crippen LogP contribution in [0.3, 0.4) is 0 Å². The Kier molecular flexibility index (Phi) is 8.56. The Labute approximate surface area is 85.2 Å². The molecule has 3 unspecified atom stereocenters. The highest BCUT2D eigenvalue weighted by Crippen LogP contribution is 2.08. The second-order valence-corrected chi connectivity index (χ2v) is 2.66. The maximum absolute atomic E-state index is 5.65. The monoisotopic (exact) mass is 217 g/mol. The molecule has 1 aliphatic heterocycles. The van der Waals surface area contributed by atoms with Gasteiger partial charge in [0.15, 0.2) is 0 Å². The summed E-state index contributed by atoms with van der Waals surface area (Å²) in [5.74, 6) is 0. The number of rotatable bonds is 1. The molecule has 1 heterocycles. The van der Waals surface area contributed by atoms with Crippen LogP contribution in [0.5, 0.6) is 0 Å². The van der Waals surface area contributed by atoms with Crippen LogP contribution in [0.2, 0.25) is 0 Å². The van der Waals surface area contributed by atoms with Gasteiger partial charge < -0.3 is 16.2 Å². The highest BCUT2D eigenvalue weighted by atomic mass is 35.5. The molecule has 6 heteroatoms. The first-order valence-corrected chi connectivity index (χ1v) is 3.54. The Morgan fingerprint density at radius 1 is 1.25 bits per heavy atom. The maximum Gasteiger partial charge on any atom is 0.109 e. The first-order valence-electron chi connectivity index (χ1n) is 3.54. The van der Waals surface area contributed by atoms with Gasteiger partial charge in [0.2, 0.25) is 0 Å². The molecule has 0 amide bonds. The van der Waals surface area contributed by atoms with E-state index < -0.39 is 0 Å². The smallest absolute Gasteiger partial charge is 0.109 e. The highest BCUT2D eigenvalue weighted by molar-refractivity contribution is 5.85. The summed E-state index contributed by atoms with van der Waals surface area (Å²) >= 11 is 0. The number of hydrogen-bond donors (Lipinski definition) is 3. The van der Waals surface area contributed by atoms with Gasteiger partial charge in [-0.2, -0.15) is 0 Å². The summed E-state index contributed by atoms with van der Waals surface area (Å²) in [5, 5.41) is 3.05. The van der Waals surface area contributed by atoms with Crippen LogP contribution in [0, 0.1) is 0 Å². The van der Waals surface area contributed by atoms with Crippen molar-refractivity contribution in [3.63, 3.8) is 0 Å². The molecular weight excluding hydrogens is 201 g/mol. The molecule has 0 aromatic carbocycles. The molecule has 1 saturated heterocycles. The van der Waals surface area contributed by atoms with Gasteiger partial charge in [-0.05, 0) is 12.8 Å². The van der Waals surface area contributed by atoms with Gasteiger partial charge in [0.25, 0.3) is 0 Å². The molecule has 3 atom stereocenters. The summed E-state index contributed by atoms with van der Waals surface area (Å²) in [5.41, 5.74) is 11.3. The van der Waals surface area contributed by atoms with E-state index in [1.807, 2.05) is 0 Å². The Morgan fingerprint density at radius 3 is 2.25 bits per heavy atom. The SMILES string of the molecule is COC1CCC(N)C(N)N1.Cl.Cl. The summed E-state index contributed by atoms with van der Waals surface area (Å²) in [6.45, 7) is 0. The van der Waals surface area contributed by atoms with Gasteiger partial charge in [0.1, 0.15) is 6.23 Å². The van der Waals surface area contributed by atoms with Crippen molar-refractivity contribution in [1.29, 1.82) is 0 Å². The van der Waals surface area contributed by atoms with Crippen molar-refractivity contribution in [1.82, 2.24) is 5.32 Å². The largest absolute Gasteiger partial charge is 0.367 e. The lowest BCUT2D eigenvalue weighted by molar-refractivity contribution is 0.0316. The van der Waals surface area contributed by atoms with E-state index in [9.17, 15) is 0 Å². The number of ether oxygens (including phenoxy) is 1. The van der Waals surface area contributed by atoms with Gasteiger partial charge in [-0.15, -0.1) is 24.8 Å². The van der Waals surface area contributed by atoms with Crippen molar-refractivity contribution < 1.29 is 4.74 Å². The first kappa shape index (κ1) is 14.9. The fraction of sp³-hybridized carbons (Fsp3) is 1.00. The topological polar surface area (TPSA) is 73.3 Å². The first-order chi connectivity index (χ1) is 4.74. The van der Waals surface area contributed by atoms with Gasteiger partial charge in [-0.25, -0.2) is 0 Å². The summed E-state index contributed by atoms with van der Waals surface area (Å²) in [4.78, 5) is 0. The lowest BCUT2D eigenvalue weighted by Gasteiger charge is -2.32. The summed E-state index contributed by atoms with van der Waals surface area (Å²) in [7, 11) is 1.67. The van der Waals surface area contributed by atoms with Gasteiger partial charge in [0, 0.05) is 13.2 Å². The average molecular weight is 218 g/mol. The zero-order valence-corrected chi connectivity index (χ0v) is 8.66. The molecule has 0 bridgehead atoms. The fourth-order valence-electron chi connectivity index (χ4n) is 1.13. The summed E-state index contributed by atoms with van der Waals surface area (Å²) in [6, 6.07) is 0.0754. The number of nitrogens with two attached hydrogens (primary N) is 2. The maximum atomic E-state index is 5.65. The summed E-state index contributed by atoms with van der Waals surface area (Å²) < 4.78 is 5.06. The molecule has 1 rings (SSSR count). The van der Waals surface area contributed by atoms with Crippen molar-refractivity contribution in [3.05, 3.63) is 0 Å². The minimum Gasteiger partial charge on any atom is -0.367 e. The van der Waals surface area contributed by atoms with Crippen molar-refractivity contribution in [3.8, 4) is 0 Å². The summed E-state index contributed by atoms with van der Waals surface area (Å²) in [6.07, 6.45) is 1.87. The van der Waals surface area contributed by atoms with Crippen LogP contribution in [0.1, 0.15) is 12.8 Å². The molecule has 0 aromatic rings. The Hall–Kier alpha value is 0.420. The van der Waals surface area contributed by atoms with E-state index in [0.29, 0.717) is 0 Å². The van der Waals surface area contributed by atoms with Gasteiger partial charge in [0.05, 0.1) is 6.17 Å². The van der Waals surface area contributed by atoms with Crippen LogP contribution in [-0.4, -0.2) is 25.5 Å². The molecule has 12 heavy (non-hydrogen) atoms. The standard InChI is InChI=1S/C6H15N3O.2ClH/c1-10-5-3-2-4(7)6(8)9-5;;/h4-6,9H,2-3,7-8H2,1H3;2*1H. The van der Waals surface area contributed by atoms with E-state index >= 15 is 0 Å². The van der Waals surface area contributed by atoms with Crippen LogP contribution >= 0.6 is 24.8 Å². The Bertz CT molecular complexity index is 117. The number of methoxy groups -OCH3 is 1. The van der Waals surface area contributed by atoms with Gasteiger partial charge in [-0.1, -0.05) is 0 Å². The molecular formula is C6H17Cl2N3O. The third kappa shape index (κ3) is 3.89. The molecule has 0 aromatic heterocycles. The van der Waals surface area contributed by atoms with E-state index in [1.165, 1.54) is 0 Å². The molecule has 0 saturated carbocycles. The van der Waals surface area contributed by atoms with E-state index in [2.05, 4.69) is 5.32 Å². The average Bonchev–Trinajstić information content (AvgIpc) is 1.95. The predicted molar refractivity (Wildman–Crippen MR) is 53.6 cm³/mol. The Balaban J connectivity index is 0. The molecule has 0 spiro atoms. The van der Waals surface area contributed by atoms with Crippen LogP contribution in [-0.2, 0) is 4.74 Å². The fourth-order valence-corrected chi connectivity index (χ4v) is 1.13. The van der Waals surface area contributed by atoms with Crippen molar-refractivity contribution >= 4 is 24.8 Å². The predicted octanol–water partition coefficient (Wildman–Crippen LogP) is -0.202. The van der Waals surface area contributed by atoms with Crippen molar-refractivity contribution in [2.45, 2.75) is 31.3 Å². The molecule has 1 aliphatic rings. The lowest BCUT2D eigenvalue weighted by atomic mass is 10.0. The quantitative estimate of drug-likeness (QED) is 0.569. The normalized spacial score (nSPS) is 34.8. The van der Waals surface area contributed by atoms with E-state index in [-0.39, 0.29) is 43.2 Å². The van der Waals surface area contributed by atoms with E-state index in [4.69, 9.17) is 16.2 Å². The minimum atomic E-state index is -0.112. The third-order valence-corrected chi connectivity index (χ3v) is 1.89. The molecule has 1 fully saturated rings. The zero-order valence-electron chi connectivity index (χ0n) is 7.03. The van der Waals surface area contributed by atoms with E-state index in [1.54, 1.807) is 7.11 Å². The van der Waals surface area contributed by atoms with E-state index in [0.717, 1.165) is 12.8 Å². The van der Waals surface area contributed by atoms with Crippen LogP contribution in [0.15, 0.2) is 0 Å². The molecule has 0 radical (unpaired) electrons. The second kappa shape index (κ2) is 6.88. The van der Waals surface area contributed by atoms with Gasteiger partial charge in [-0.3, -0.25) is 5.32 Å². The van der Waals surface area contributed by atoms with Crippen LogP contribution in [0.4, 0.5) is 0 Å². The third-order valence-electron chi connectivity index (χ3n) is 1.89. The van der Waals surface area contributed by atoms with Crippen molar-refractivity contribution in [2.75, 3.05) is 7.11 Å². The van der Waals surface area contributed by atoms with Crippen LogP contribution < -0.4 is 16.8 Å². The van der Waals surface area contributed by atoms with Crippen molar-refractivity contribution in [2.24, 2.45) is 11.5 Å². The Morgan fingerprint density at radius 2 is 1.83 bits per heavy atom. The molecule has 76 valence electrons. The molecule has 5 N–H and O–H groups in total. The number of hydrogen-bond acceptors (Lipinski definition) is 4.